The Morgan fingerprint density at radius 1 is 1.50 bits per heavy atom. The Balaban J connectivity index is 2.61. The van der Waals surface area contributed by atoms with Gasteiger partial charge in [0.05, 0.1) is 18.8 Å². The molecular formula is C11H19NO2. The summed E-state index contributed by atoms with van der Waals surface area (Å²) in [5.41, 5.74) is -0.377. The minimum atomic E-state index is -0.377. The number of rotatable bonds is 4. The second-order valence-corrected chi connectivity index (χ2v) is 4.07. The largest absolute Gasteiger partial charge is 0.379 e. The molecular weight excluding hydrogens is 178 g/mol. The number of carbonyl (C=O) groups is 1. The van der Waals surface area contributed by atoms with E-state index in [4.69, 9.17) is 4.74 Å². The van der Waals surface area contributed by atoms with Gasteiger partial charge in [-0.05, 0) is 13.8 Å². The molecule has 80 valence electrons. The summed E-state index contributed by atoms with van der Waals surface area (Å²) >= 11 is 0. The number of Topliss-reactive ketones (excluding diaryl/α,β-unsaturated/α-hetero) is 1. The maximum absolute atomic E-state index is 11.8. The normalized spacial score (nSPS) is 19.3. The van der Waals surface area contributed by atoms with Gasteiger partial charge in [-0.15, -0.1) is 6.58 Å². The van der Waals surface area contributed by atoms with Crippen LogP contribution >= 0.6 is 0 Å². The Labute approximate surface area is 85.7 Å². The Morgan fingerprint density at radius 2 is 2.07 bits per heavy atom. The second-order valence-electron chi connectivity index (χ2n) is 4.07. The number of carbonyl (C=O) groups excluding carboxylic acids is 1. The molecule has 0 N–H and O–H groups in total. The van der Waals surface area contributed by atoms with E-state index in [-0.39, 0.29) is 11.3 Å². The zero-order valence-electron chi connectivity index (χ0n) is 9.08. The monoisotopic (exact) mass is 197 g/mol. The molecule has 14 heavy (non-hydrogen) atoms. The summed E-state index contributed by atoms with van der Waals surface area (Å²) in [6.07, 6.45) is 2.12. The van der Waals surface area contributed by atoms with Crippen LogP contribution in [0.5, 0.6) is 0 Å². The summed E-state index contributed by atoms with van der Waals surface area (Å²) in [5, 5.41) is 0. The highest BCUT2D eigenvalue weighted by Gasteiger charge is 2.33. The van der Waals surface area contributed by atoms with Crippen LogP contribution < -0.4 is 0 Å². The summed E-state index contributed by atoms with van der Waals surface area (Å²) in [7, 11) is 0. The van der Waals surface area contributed by atoms with Gasteiger partial charge >= 0.3 is 0 Å². The molecule has 0 amide bonds. The van der Waals surface area contributed by atoms with Crippen molar-refractivity contribution in [2.75, 3.05) is 26.3 Å². The Bertz CT molecular complexity index is 217. The van der Waals surface area contributed by atoms with Gasteiger partial charge in [-0.1, -0.05) is 6.08 Å². The topological polar surface area (TPSA) is 29.5 Å². The first-order chi connectivity index (χ1) is 6.59. The van der Waals surface area contributed by atoms with Gasteiger partial charge in [0.1, 0.15) is 0 Å². The zero-order chi connectivity index (χ0) is 10.6. The molecule has 0 aliphatic carbocycles. The summed E-state index contributed by atoms with van der Waals surface area (Å²) in [6, 6.07) is 0. The lowest BCUT2D eigenvalue weighted by Crippen LogP contribution is -2.54. The fourth-order valence-corrected chi connectivity index (χ4v) is 1.68. The average molecular weight is 197 g/mol. The lowest BCUT2D eigenvalue weighted by molar-refractivity contribution is -0.131. The molecule has 3 heteroatoms. The molecule has 0 bridgehead atoms. The predicted molar refractivity (Wildman–Crippen MR) is 56.3 cm³/mol. The fraction of sp³-hybridized carbons (Fsp3) is 0.727. The van der Waals surface area contributed by atoms with E-state index < -0.39 is 0 Å². The van der Waals surface area contributed by atoms with E-state index in [2.05, 4.69) is 11.5 Å². The van der Waals surface area contributed by atoms with E-state index in [9.17, 15) is 4.79 Å². The molecule has 0 aromatic carbocycles. The molecule has 1 saturated heterocycles. The van der Waals surface area contributed by atoms with E-state index in [0.29, 0.717) is 6.42 Å². The molecule has 0 spiro atoms. The van der Waals surface area contributed by atoms with E-state index in [0.717, 1.165) is 26.3 Å². The van der Waals surface area contributed by atoms with Crippen molar-refractivity contribution in [1.82, 2.24) is 4.90 Å². The highest BCUT2D eigenvalue weighted by Crippen LogP contribution is 2.18. The number of nitrogens with zero attached hydrogens (tertiary/aromatic N) is 1. The second kappa shape index (κ2) is 4.71. The zero-order valence-corrected chi connectivity index (χ0v) is 9.08. The minimum Gasteiger partial charge on any atom is -0.379 e. The van der Waals surface area contributed by atoms with Crippen LogP contribution in [0, 0.1) is 0 Å². The number of morpholine rings is 1. The van der Waals surface area contributed by atoms with Gasteiger partial charge in [0.25, 0.3) is 0 Å². The van der Waals surface area contributed by atoms with Crippen LogP contribution in [-0.2, 0) is 9.53 Å². The fourth-order valence-electron chi connectivity index (χ4n) is 1.68. The summed E-state index contributed by atoms with van der Waals surface area (Å²) in [5.74, 6) is 0.231. The molecule has 0 aromatic heterocycles. The van der Waals surface area contributed by atoms with Crippen LogP contribution in [0.3, 0.4) is 0 Å². The van der Waals surface area contributed by atoms with Crippen molar-refractivity contribution in [2.24, 2.45) is 0 Å². The molecule has 1 fully saturated rings. The van der Waals surface area contributed by atoms with Gasteiger partial charge in [0, 0.05) is 19.5 Å². The highest BCUT2D eigenvalue weighted by molar-refractivity contribution is 5.88. The van der Waals surface area contributed by atoms with Crippen molar-refractivity contribution in [2.45, 2.75) is 25.8 Å². The van der Waals surface area contributed by atoms with Gasteiger partial charge in [0.15, 0.2) is 5.78 Å². The van der Waals surface area contributed by atoms with Crippen LogP contribution in [0.2, 0.25) is 0 Å². The van der Waals surface area contributed by atoms with E-state index in [1.807, 2.05) is 13.8 Å². The predicted octanol–water partition coefficient (Wildman–Crippen LogP) is 1.24. The van der Waals surface area contributed by atoms with Gasteiger partial charge in [-0.3, -0.25) is 9.69 Å². The molecule has 0 radical (unpaired) electrons. The van der Waals surface area contributed by atoms with Crippen molar-refractivity contribution < 1.29 is 9.53 Å². The number of ether oxygens (including phenoxy) is 1. The van der Waals surface area contributed by atoms with Crippen molar-refractivity contribution in [3.8, 4) is 0 Å². The van der Waals surface area contributed by atoms with Crippen molar-refractivity contribution in [1.29, 1.82) is 0 Å². The van der Waals surface area contributed by atoms with Crippen molar-refractivity contribution in [3.63, 3.8) is 0 Å². The first kappa shape index (κ1) is 11.4. The van der Waals surface area contributed by atoms with Crippen LogP contribution in [0.25, 0.3) is 0 Å². The average Bonchev–Trinajstić information content (AvgIpc) is 2.19. The number of hydrogen-bond acceptors (Lipinski definition) is 3. The molecule has 1 aliphatic heterocycles. The smallest absolute Gasteiger partial charge is 0.156 e. The molecule has 1 aliphatic rings. The first-order valence-corrected chi connectivity index (χ1v) is 5.06. The highest BCUT2D eigenvalue weighted by atomic mass is 16.5. The molecule has 0 saturated carbocycles. The van der Waals surface area contributed by atoms with Gasteiger partial charge in [-0.25, -0.2) is 0 Å². The van der Waals surface area contributed by atoms with Crippen LogP contribution in [-0.4, -0.2) is 42.5 Å². The Kier molecular flexibility index (Phi) is 3.84. The first-order valence-electron chi connectivity index (χ1n) is 5.06. The molecule has 1 rings (SSSR count). The quantitative estimate of drug-likeness (QED) is 0.635. The SMILES string of the molecule is C=CCC(=O)C(C)(C)N1CCOCC1. The van der Waals surface area contributed by atoms with Crippen molar-refractivity contribution in [3.05, 3.63) is 12.7 Å². The lowest BCUT2D eigenvalue weighted by atomic mass is 9.94. The molecule has 1 heterocycles. The van der Waals surface area contributed by atoms with Crippen LogP contribution in [0.1, 0.15) is 20.3 Å². The maximum Gasteiger partial charge on any atom is 0.156 e. The van der Waals surface area contributed by atoms with Crippen LogP contribution in [0.15, 0.2) is 12.7 Å². The summed E-state index contributed by atoms with van der Waals surface area (Å²) in [6.45, 7) is 10.7. The lowest BCUT2D eigenvalue weighted by Gasteiger charge is -2.39. The van der Waals surface area contributed by atoms with Crippen LogP contribution in [0.4, 0.5) is 0 Å². The Hall–Kier alpha value is -0.670. The minimum absolute atomic E-state index is 0.231. The molecule has 0 unspecified atom stereocenters. The third kappa shape index (κ3) is 2.42. The number of ketones is 1. The third-order valence-corrected chi connectivity index (χ3v) is 2.81. The standard InChI is InChI=1S/C11H19NO2/c1-4-5-10(13)11(2,3)12-6-8-14-9-7-12/h4H,1,5-9H2,2-3H3. The molecule has 3 nitrogen and oxygen atoms in total. The Morgan fingerprint density at radius 3 is 2.57 bits per heavy atom. The third-order valence-electron chi connectivity index (χ3n) is 2.81. The van der Waals surface area contributed by atoms with E-state index in [1.165, 1.54) is 0 Å². The van der Waals surface area contributed by atoms with Gasteiger partial charge in [0.2, 0.25) is 0 Å². The molecule has 0 atom stereocenters. The number of allylic oxidation sites excluding steroid dienone is 1. The van der Waals surface area contributed by atoms with E-state index >= 15 is 0 Å². The maximum atomic E-state index is 11.8. The summed E-state index contributed by atoms with van der Waals surface area (Å²) < 4.78 is 5.26. The van der Waals surface area contributed by atoms with Gasteiger partial charge in [-0.2, -0.15) is 0 Å². The van der Waals surface area contributed by atoms with Gasteiger partial charge < -0.3 is 4.74 Å². The van der Waals surface area contributed by atoms with Crippen molar-refractivity contribution >= 4 is 5.78 Å². The number of hydrogen-bond donors (Lipinski definition) is 0. The summed E-state index contributed by atoms with van der Waals surface area (Å²) in [4.78, 5) is 14.0. The van der Waals surface area contributed by atoms with E-state index in [1.54, 1.807) is 6.08 Å². The molecule has 0 aromatic rings.